The Balaban J connectivity index is 2.29. The molecule has 0 aromatic rings. The third-order valence-electron chi connectivity index (χ3n) is 4.22. The van der Waals surface area contributed by atoms with Gasteiger partial charge in [-0.15, -0.1) is 0 Å². The largest absolute Gasteiger partial charge is 0.313 e. The fourth-order valence-electron chi connectivity index (χ4n) is 3.00. The molecule has 1 unspecified atom stereocenters. The summed E-state index contributed by atoms with van der Waals surface area (Å²) in [7, 11) is 2.14. The zero-order valence-corrected chi connectivity index (χ0v) is 12.6. The third kappa shape index (κ3) is 6.58. The van der Waals surface area contributed by atoms with Crippen molar-refractivity contribution >= 4 is 0 Å². The van der Waals surface area contributed by atoms with E-state index < -0.39 is 0 Å². The highest BCUT2D eigenvalue weighted by molar-refractivity contribution is 5.11. The molecule has 0 bridgehead atoms. The SMILES string of the molecule is CCCCCCCC(NC)C1=CCCCCCC1. The summed E-state index contributed by atoms with van der Waals surface area (Å²) in [6.07, 6.45) is 19.2. The number of hydrogen-bond donors (Lipinski definition) is 1. The van der Waals surface area contributed by atoms with Crippen molar-refractivity contribution in [2.45, 2.75) is 90.0 Å². The maximum absolute atomic E-state index is 3.54. The van der Waals surface area contributed by atoms with Gasteiger partial charge < -0.3 is 5.32 Å². The lowest BCUT2D eigenvalue weighted by atomic mass is 9.92. The molecule has 0 fully saturated rings. The van der Waals surface area contributed by atoms with Gasteiger partial charge in [-0.05, 0) is 39.2 Å². The predicted molar refractivity (Wildman–Crippen MR) is 82.0 cm³/mol. The van der Waals surface area contributed by atoms with Crippen molar-refractivity contribution in [3.8, 4) is 0 Å². The minimum atomic E-state index is 0.657. The second kappa shape index (κ2) is 10.6. The molecule has 1 atom stereocenters. The van der Waals surface area contributed by atoms with Gasteiger partial charge >= 0.3 is 0 Å². The highest BCUT2D eigenvalue weighted by Gasteiger charge is 2.12. The molecule has 106 valence electrons. The monoisotopic (exact) mass is 251 g/mol. The van der Waals surface area contributed by atoms with Crippen LogP contribution in [0.15, 0.2) is 11.6 Å². The first-order valence-corrected chi connectivity index (χ1v) is 8.24. The number of hydrogen-bond acceptors (Lipinski definition) is 1. The van der Waals surface area contributed by atoms with Crippen LogP contribution in [-0.2, 0) is 0 Å². The van der Waals surface area contributed by atoms with Crippen LogP contribution < -0.4 is 5.32 Å². The molecular formula is C17H33N. The van der Waals surface area contributed by atoms with E-state index in [4.69, 9.17) is 0 Å². The Hall–Kier alpha value is -0.300. The molecule has 0 amide bonds. The summed E-state index contributed by atoms with van der Waals surface area (Å²) in [5.74, 6) is 0. The van der Waals surface area contributed by atoms with Crippen LogP contribution in [0.5, 0.6) is 0 Å². The van der Waals surface area contributed by atoms with E-state index in [1.807, 2.05) is 0 Å². The lowest BCUT2D eigenvalue weighted by Crippen LogP contribution is -2.27. The van der Waals surface area contributed by atoms with Crippen LogP contribution in [0.25, 0.3) is 0 Å². The third-order valence-corrected chi connectivity index (χ3v) is 4.22. The van der Waals surface area contributed by atoms with Gasteiger partial charge in [0.25, 0.3) is 0 Å². The number of unbranched alkanes of at least 4 members (excludes halogenated alkanes) is 4. The van der Waals surface area contributed by atoms with Crippen LogP contribution in [0.2, 0.25) is 0 Å². The van der Waals surface area contributed by atoms with Gasteiger partial charge in [-0.3, -0.25) is 0 Å². The van der Waals surface area contributed by atoms with E-state index in [1.165, 1.54) is 77.0 Å². The molecule has 0 saturated heterocycles. The molecule has 1 aliphatic carbocycles. The van der Waals surface area contributed by atoms with Crippen molar-refractivity contribution in [2.24, 2.45) is 0 Å². The van der Waals surface area contributed by atoms with Crippen LogP contribution in [0.3, 0.4) is 0 Å². The minimum Gasteiger partial charge on any atom is -0.313 e. The first-order chi connectivity index (χ1) is 8.88. The lowest BCUT2D eigenvalue weighted by Gasteiger charge is -2.22. The Morgan fingerprint density at radius 1 is 1.06 bits per heavy atom. The Kier molecular flexibility index (Phi) is 9.28. The van der Waals surface area contributed by atoms with Crippen molar-refractivity contribution in [1.82, 2.24) is 5.32 Å². The maximum atomic E-state index is 3.54. The van der Waals surface area contributed by atoms with E-state index in [2.05, 4.69) is 25.4 Å². The van der Waals surface area contributed by atoms with Crippen molar-refractivity contribution in [3.05, 3.63) is 11.6 Å². The van der Waals surface area contributed by atoms with Gasteiger partial charge in [-0.25, -0.2) is 0 Å². The normalized spacial score (nSPS) is 18.9. The fourth-order valence-corrected chi connectivity index (χ4v) is 3.00. The van der Waals surface area contributed by atoms with Gasteiger partial charge in [-0.1, -0.05) is 63.5 Å². The summed E-state index contributed by atoms with van der Waals surface area (Å²) in [6.45, 7) is 2.29. The molecule has 0 aromatic carbocycles. The Morgan fingerprint density at radius 2 is 1.83 bits per heavy atom. The van der Waals surface area contributed by atoms with Crippen LogP contribution in [-0.4, -0.2) is 13.1 Å². The average molecular weight is 251 g/mol. The first-order valence-electron chi connectivity index (χ1n) is 8.24. The highest BCUT2D eigenvalue weighted by atomic mass is 14.9. The van der Waals surface area contributed by atoms with Crippen LogP contribution >= 0.6 is 0 Å². The number of nitrogens with one attached hydrogen (secondary N) is 1. The quantitative estimate of drug-likeness (QED) is 0.461. The van der Waals surface area contributed by atoms with E-state index in [0.29, 0.717) is 6.04 Å². The molecule has 0 aromatic heterocycles. The number of rotatable bonds is 8. The minimum absolute atomic E-state index is 0.657. The zero-order chi connectivity index (χ0) is 13.1. The van der Waals surface area contributed by atoms with Gasteiger partial charge in [0.1, 0.15) is 0 Å². The van der Waals surface area contributed by atoms with Gasteiger partial charge in [0.2, 0.25) is 0 Å². The van der Waals surface area contributed by atoms with E-state index >= 15 is 0 Å². The molecule has 0 aliphatic heterocycles. The van der Waals surface area contributed by atoms with Crippen LogP contribution in [0.1, 0.15) is 84.0 Å². The van der Waals surface area contributed by atoms with E-state index in [1.54, 1.807) is 5.57 Å². The van der Waals surface area contributed by atoms with E-state index in [-0.39, 0.29) is 0 Å². The molecule has 1 heteroatoms. The topological polar surface area (TPSA) is 12.0 Å². The summed E-state index contributed by atoms with van der Waals surface area (Å²) >= 11 is 0. The summed E-state index contributed by atoms with van der Waals surface area (Å²) < 4.78 is 0. The summed E-state index contributed by atoms with van der Waals surface area (Å²) in [6, 6.07) is 0.657. The molecule has 18 heavy (non-hydrogen) atoms. The van der Waals surface area contributed by atoms with Crippen LogP contribution in [0.4, 0.5) is 0 Å². The molecule has 0 heterocycles. The standard InChI is InChI=1S/C17H33N/c1-3-4-5-7-12-15-17(18-2)16-13-10-8-6-9-11-14-16/h13,17-18H,3-12,14-15H2,1-2H3. The molecule has 0 spiro atoms. The second-order valence-electron chi connectivity index (χ2n) is 5.78. The molecule has 0 saturated carbocycles. The van der Waals surface area contributed by atoms with E-state index in [9.17, 15) is 0 Å². The molecule has 1 rings (SSSR count). The number of allylic oxidation sites excluding steroid dienone is 1. The highest BCUT2D eigenvalue weighted by Crippen LogP contribution is 2.22. The maximum Gasteiger partial charge on any atom is 0.0276 e. The molecule has 1 aliphatic rings. The zero-order valence-electron chi connectivity index (χ0n) is 12.6. The summed E-state index contributed by atoms with van der Waals surface area (Å²) in [4.78, 5) is 0. The molecular weight excluding hydrogens is 218 g/mol. The van der Waals surface area contributed by atoms with Gasteiger partial charge in [0.15, 0.2) is 0 Å². The van der Waals surface area contributed by atoms with Crippen molar-refractivity contribution in [2.75, 3.05) is 7.05 Å². The summed E-state index contributed by atoms with van der Waals surface area (Å²) in [5, 5.41) is 3.54. The van der Waals surface area contributed by atoms with Gasteiger partial charge in [-0.2, -0.15) is 0 Å². The average Bonchev–Trinajstić information content (AvgIpc) is 2.35. The van der Waals surface area contributed by atoms with Gasteiger partial charge in [0, 0.05) is 6.04 Å². The van der Waals surface area contributed by atoms with Crippen molar-refractivity contribution in [3.63, 3.8) is 0 Å². The smallest absolute Gasteiger partial charge is 0.0276 e. The molecule has 1 N–H and O–H groups in total. The Bertz CT molecular complexity index is 220. The first kappa shape index (κ1) is 15.8. The summed E-state index contributed by atoms with van der Waals surface area (Å²) in [5.41, 5.74) is 1.70. The van der Waals surface area contributed by atoms with E-state index in [0.717, 1.165) is 0 Å². The van der Waals surface area contributed by atoms with Crippen molar-refractivity contribution in [1.29, 1.82) is 0 Å². The van der Waals surface area contributed by atoms with Crippen LogP contribution in [0, 0.1) is 0 Å². The molecule has 1 nitrogen and oxygen atoms in total. The fraction of sp³-hybridized carbons (Fsp3) is 0.882. The lowest BCUT2D eigenvalue weighted by molar-refractivity contribution is 0.502. The number of likely N-dealkylation sites (N-methyl/N-ethyl adjacent to an activating group) is 1. The second-order valence-corrected chi connectivity index (χ2v) is 5.78. The predicted octanol–water partition coefficient (Wildman–Crippen LogP) is 5.22. The molecule has 0 radical (unpaired) electrons. The van der Waals surface area contributed by atoms with Crippen molar-refractivity contribution < 1.29 is 0 Å². The Morgan fingerprint density at radius 3 is 2.61 bits per heavy atom. The Labute approximate surface area is 114 Å². The van der Waals surface area contributed by atoms with Gasteiger partial charge in [0.05, 0.1) is 0 Å².